The van der Waals surface area contributed by atoms with E-state index in [1.165, 1.54) is 29.7 Å². The molecular weight excluding hydrogens is 358 g/mol. The Morgan fingerprint density at radius 1 is 1.21 bits per heavy atom. The number of hydrogen-bond acceptors (Lipinski definition) is 6. The van der Waals surface area contributed by atoms with Crippen molar-refractivity contribution in [1.82, 2.24) is 24.5 Å². The quantitative estimate of drug-likeness (QED) is 0.734. The van der Waals surface area contributed by atoms with E-state index in [1.807, 2.05) is 18.2 Å². The fourth-order valence-corrected chi connectivity index (χ4v) is 4.09. The third-order valence-electron chi connectivity index (χ3n) is 5.81. The van der Waals surface area contributed by atoms with Gasteiger partial charge < -0.3 is 4.52 Å². The standard InChI is InChI=1S/C20H23N5O3/c1-13-11-24(15-3-4-15)9-8-23(13)12-14-2-5-17-16(10-14)19(22-28-17)25-7-6-18(26)21-20(25)27/h2,5-7,10,13,15H,3-4,8-9,11-12H2,1H3,(H,21,26,27). The van der Waals surface area contributed by atoms with Crippen LogP contribution in [0.25, 0.3) is 16.8 Å². The number of nitrogens with zero attached hydrogens (tertiary/aromatic N) is 4. The summed E-state index contributed by atoms with van der Waals surface area (Å²) in [6.45, 7) is 6.45. The second-order valence-electron chi connectivity index (χ2n) is 7.86. The summed E-state index contributed by atoms with van der Waals surface area (Å²) >= 11 is 0. The summed E-state index contributed by atoms with van der Waals surface area (Å²) in [4.78, 5) is 30.8. The lowest BCUT2D eigenvalue weighted by atomic mass is 10.1. The fraction of sp³-hybridized carbons (Fsp3) is 0.450. The van der Waals surface area contributed by atoms with E-state index in [-0.39, 0.29) is 0 Å². The zero-order valence-electron chi connectivity index (χ0n) is 15.8. The number of H-pyrrole nitrogens is 1. The third kappa shape index (κ3) is 3.18. The van der Waals surface area contributed by atoms with E-state index in [1.54, 1.807) is 0 Å². The number of piperazine rings is 1. The monoisotopic (exact) mass is 381 g/mol. The average molecular weight is 381 g/mol. The van der Waals surface area contributed by atoms with Gasteiger partial charge in [-0.3, -0.25) is 19.6 Å². The molecule has 1 atom stereocenters. The van der Waals surface area contributed by atoms with Crippen molar-refractivity contribution in [1.29, 1.82) is 0 Å². The first-order valence-electron chi connectivity index (χ1n) is 9.77. The van der Waals surface area contributed by atoms with E-state index in [0.717, 1.165) is 43.2 Å². The average Bonchev–Trinajstić information content (AvgIpc) is 3.44. The Labute approximate surface area is 161 Å². The van der Waals surface area contributed by atoms with Crippen LogP contribution in [0, 0.1) is 0 Å². The first-order valence-corrected chi connectivity index (χ1v) is 9.77. The minimum absolute atomic E-state index is 0.393. The molecule has 1 saturated carbocycles. The highest BCUT2D eigenvalue weighted by Crippen LogP contribution is 2.29. The molecule has 28 heavy (non-hydrogen) atoms. The van der Waals surface area contributed by atoms with E-state index in [9.17, 15) is 9.59 Å². The third-order valence-corrected chi connectivity index (χ3v) is 5.81. The number of hydrogen-bond donors (Lipinski definition) is 1. The van der Waals surface area contributed by atoms with Crippen LogP contribution in [0.2, 0.25) is 0 Å². The van der Waals surface area contributed by atoms with Crippen LogP contribution in [0.3, 0.4) is 0 Å². The molecule has 1 aromatic carbocycles. The predicted molar refractivity (Wildman–Crippen MR) is 105 cm³/mol. The van der Waals surface area contributed by atoms with E-state index < -0.39 is 11.2 Å². The Bertz CT molecular complexity index is 1130. The predicted octanol–water partition coefficient (Wildman–Crippen LogP) is 1.34. The van der Waals surface area contributed by atoms with Gasteiger partial charge in [-0.25, -0.2) is 9.36 Å². The molecule has 1 saturated heterocycles. The van der Waals surface area contributed by atoms with Crippen molar-refractivity contribution < 1.29 is 4.52 Å². The number of fused-ring (bicyclic) bond motifs is 1. The van der Waals surface area contributed by atoms with Crippen molar-refractivity contribution in [2.45, 2.75) is 38.4 Å². The number of aromatic nitrogens is 3. The van der Waals surface area contributed by atoms with E-state index >= 15 is 0 Å². The highest BCUT2D eigenvalue weighted by atomic mass is 16.5. The Balaban J connectivity index is 1.42. The van der Waals surface area contributed by atoms with Crippen LogP contribution >= 0.6 is 0 Å². The van der Waals surface area contributed by atoms with Crippen molar-refractivity contribution in [3.05, 3.63) is 56.9 Å². The molecule has 1 N–H and O–H groups in total. The molecule has 3 aromatic rings. The Morgan fingerprint density at radius 3 is 2.82 bits per heavy atom. The van der Waals surface area contributed by atoms with Crippen LogP contribution in [0.1, 0.15) is 25.3 Å². The summed E-state index contributed by atoms with van der Waals surface area (Å²) in [5.74, 6) is 0.393. The van der Waals surface area contributed by atoms with Crippen molar-refractivity contribution >= 4 is 11.0 Å². The highest BCUT2D eigenvalue weighted by molar-refractivity contribution is 5.84. The number of rotatable bonds is 4. The lowest BCUT2D eigenvalue weighted by molar-refractivity contribution is 0.0730. The largest absolute Gasteiger partial charge is 0.354 e. The van der Waals surface area contributed by atoms with Gasteiger partial charge >= 0.3 is 5.69 Å². The van der Waals surface area contributed by atoms with Crippen LogP contribution in [-0.4, -0.2) is 56.2 Å². The number of benzene rings is 1. The van der Waals surface area contributed by atoms with Crippen LogP contribution in [0.4, 0.5) is 0 Å². The van der Waals surface area contributed by atoms with Gasteiger partial charge in [0.15, 0.2) is 11.4 Å². The lowest BCUT2D eigenvalue weighted by Gasteiger charge is -2.40. The normalized spacial score (nSPS) is 21.4. The number of nitrogens with one attached hydrogen (secondary N) is 1. The van der Waals surface area contributed by atoms with Gasteiger partial charge in [-0.15, -0.1) is 0 Å². The van der Waals surface area contributed by atoms with Gasteiger partial charge in [-0.05, 0) is 37.5 Å². The Hall–Kier alpha value is -2.71. The number of aromatic amines is 1. The maximum absolute atomic E-state index is 12.1. The van der Waals surface area contributed by atoms with E-state index in [2.05, 4.69) is 26.9 Å². The molecule has 1 aliphatic carbocycles. The molecule has 0 amide bonds. The summed E-state index contributed by atoms with van der Waals surface area (Å²) in [7, 11) is 0. The second-order valence-corrected chi connectivity index (χ2v) is 7.86. The Morgan fingerprint density at radius 2 is 2.07 bits per heavy atom. The molecule has 0 spiro atoms. The van der Waals surface area contributed by atoms with Crippen molar-refractivity contribution in [3.63, 3.8) is 0 Å². The van der Waals surface area contributed by atoms with Gasteiger partial charge in [-0.1, -0.05) is 11.2 Å². The molecular formula is C20H23N5O3. The SMILES string of the molecule is CC1CN(C2CC2)CCN1Cc1ccc2onc(-n3ccc(=O)[nH]c3=O)c2c1. The maximum atomic E-state index is 12.1. The molecule has 0 radical (unpaired) electrons. The zero-order chi connectivity index (χ0) is 19.3. The van der Waals surface area contributed by atoms with Gasteiger partial charge in [-0.2, -0.15) is 0 Å². The molecule has 8 nitrogen and oxygen atoms in total. The Kier molecular flexibility index (Phi) is 4.17. The molecule has 146 valence electrons. The molecule has 1 aliphatic heterocycles. The summed E-state index contributed by atoms with van der Waals surface area (Å²) in [5, 5.41) is 4.80. The summed E-state index contributed by atoms with van der Waals surface area (Å²) < 4.78 is 6.68. The lowest BCUT2D eigenvalue weighted by Crippen LogP contribution is -2.51. The van der Waals surface area contributed by atoms with Crippen molar-refractivity contribution in [2.75, 3.05) is 19.6 Å². The van der Waals surface area contributed by atoms with Gasteiger partial charge in [0.25, 0.3) is 5.56 Å². The van der Waals surface area contributed by atoms with Crippen LogP contribution in [0.15, 0.2) is 44.6 Å². The molecule has 0 bridgehead atoms. The minimum Gasteiger partial charge on any atom is -0.354 e. The van der Waals surface area contributed by atoms with Gasteiger partial charge in [0.2, 0.25) is 0 Å². The van der Waals surface area contributed by atoms with Crippen LogP contribution < -0.4 is 11.2 Å². The molecule has 2 aliphatic rings. The van der Waals surface area contributed by atoms with Crippen LogP contribution in [0.5, 0.6) is 0 Å². The van der Waals surface area contributed by atoms with Gasteiger partial charge in [0.05, 0.1) is 5.39 Å². The second kappa shape index (κ2) is 6.72. The molecule has 5 rings (SSSR count). The van der Waals surface area contributed by atoms with E-state index in [4.69, 9.17) is 4.52 Å². The van der Waals surface area contributed by atoms with Crippen molar-refractivity contribution in [2.24, 2.45) is 0 Å². The highest BCUT2D eigenvalue weighted by Gasteiger charge is 2.33. The molecule has 1 unspecified atom stereocenters. The topological polar surface area (TPSA) is 87.4 Å². The molecule has 8 heteroatoms. The minimum atomic E-state index is -0.530. The first kappa shape index (κ1) is 17.4. The molecule has 2 fully saturated rings. The van der Waals surface area contributed by atoms with E-state index in [0.29, 0.717) is 17.4 Å². The first-order chi connectivity index (χ1) is 13.6. The van der Waals surface area contributed by atoms with Gasteiger partial charge in [0, 0.05) is 50.5 Å². The summed E-state index contributed by atoms with van der Waals surface area (Å²) in [6.07, 6.45) is 4.12. The molecule has 3 heterocycles. The summed E-state index contributed by atoms with van der Waals surface area (Å²) in [5.41, 5.74) is 0.802. The zero-order valence-corrected chi connectivity index (χ0v) is 15.8. The van der Waals surface area contributed by atoms with Crippen molar-refractivity contribution in [3.8, 4) is 5.82 Å². The summed E-state index contributed by atoms with van der Waals surface area (Å²) in [6, 6.07) is 8.59. The fourth-order valence-electron chi connectivity index (χ4n) is 4.09. The maximum Gasteiger partial charge on any atom is 0.334 e. The van der Waals surface area contributed by atoms with Crippen LogP contribution in [-0.2, 0) is 6.54 Å². The smallest absolute Gasteiger partial charge is 0.334 e. The molecule has 2 aromatic heterocycles. The van der Waals surface area contributed by atoms with Gasteiger partial charge in [0.1, 0.15) is 0 Å².